The van der Waals surface area contributed by atoms with E-state index in [2.05, 4.69) is 104 Å². The van der Waals surface area contributed by atoms with Crippen LogP contribution in [0.5, 0.6) is 0 Å². The van der Waals surface area contributed by atoms with Gasteiger partial charge in [0.2, 0.25) is 0 Å². The number of rotatable bonds is 28. The average molecular weight is 783 g/mol. The smallest absolute Gasteiger partial charge is 0.104 e. The Kier molecular flexibility index (Phi) is 35.5. The van der Waals surface area contributed by atoms with Crippen LogP contribution >= 0.6 is 0 Å². The van der Waals surface area contributed by atoms with Crippen LogP contribution in [0, 0.1) is 23.7 Å². The van der Waals surface area contributed by atoms with Gasteiger partial charge in [-0.3, -0.25) is 0 Å². The summed E-state index contributed by atoms with van der Waals surface area (Å²) in [6.45, 7) is 21.8. The molecule has 0 spiro atoms. The molecule has 8 atom stereocenters. The molecule has 0 saturated carbocycles. The fraction of sp³-hybridized carbons (Fsp3) is 1.00. The van der Waals surface area contributed by atoms with Crippen molar-refractivity contribution in [3.63, 3.8) is 0 Å². The minimum absolute atomic E-state index is 0.267. The highest BCUT2D eigenvalue weighted by Crippen LogP contribution is 2.12. The number of nitrogens with zero attached hydrogens (tertiary/aromatic N) is 6. The third-order valence-electron chi connectivity index (χ3n) is 7.50. The fourth-order valence-electron chi connectivity index (χ4n) is 5.59. The van der Waals surface area contributed by atoms with E-state index in [1.807, 2.05) is 38.0 Å². The predicted molar refractivity (Wildman–Crippen MR) is 223 cm³/mol. The molecule has 0 bridgehead atoms. The number of aliphatic hydroxyl groups is 2. The number of hydrogen-bond donors (Lipinski definition) is 2. The van der Waals surface area contributed by atoms with Crippen molar-refractivity contribution in [3.8, 4) is 0 Å². The van der Waals surface area contributed by atoms with E-state index in [0.717, 1.165) is 79.0 Å². The number of hydrogen-bond acceptors (Lipinski definition) is 14. The highest BCUT2D eigenvalue weighted by Gasteiger charge is 2.26. The Balaban J connectivity index is 0. The Morgan fingerprint density at radius 1 is 0.407 bits per heavy atom. The van der Waals surface area contributed by atoms with Crippen LogP contribution in [0.3, 0.4) is 0 Å². The molecule has 2 saturated heterocycles. The first-order valence-electron chi connectivity index (χ1n) is 20.0. The first kappa shape index (κ1) is 55.5. The lowest BCUT2D eigenvalue weighted by atomic mass is 10.2. The highest BCUT2D eigenvalue weighted by molar-refractivity contribution is 4.71. The maximum Gasteiger partial charge on any atom is 0.104 e. The lowest BCUT2D eigenvalue weighted by Crippen LogP contribution is -2.33. The standard InChI is InChI=1S/2C12H28N2O.C10H24N2O3.C6H10O3/c2*1-11(7-13(3)4)9-15-10-12(2)8-14(5)6;1-11(2)5-9(13)7-15-8-10(14)6-12(3)4;1(5-3-8-5)7-2-6-4-9-6/h2*11-12H,7-10H2,1-6H3;9-10,13-14H,5-8H2,1-4H3;5-6H,1-4H2. The molecule has 0 amide bonds. The fourth-order valence-corrected chi connectivity index (χ4v) is 5.59. The molecule has 2 N–H and O–H groups in total. The Morgan fingerprint density at radius 3 is 0.833 bits per heavy atom. The second-order valence-electron chi connectivity index (χ2n) is 17.4. The molecule has 0 aromatic carbocycles. The zero-order valence-electron chi connectivity index (χ0n) is 38.0. The van der Waals surface area contributed by atoms with E-state index in [0.29, 0.717) is 49.0 Å². The molecular weight excluding hydrogens is 692 g/mol. The van der Waals surface area contributed by atoms with Gasteiger partial charge < -0.3 is 68.0 Å². The summed E-state index contributed by atoms with van der Waals surface area (Å²) in [5.74, 6) is 2.47. The van der Waals surface area contributed by atoms with E-state index in [-0.39, 0.29) is 13.2 Å². The van der Waals surface area contributed by atoms with Crippen LogP contribution in [0.4, 0.5) is 0 Å². The van der Waals surface area contributed by atoms with Crippen molar-refractivity contribution < 1.29 is 38.6 Å². The van der Waals surface area contributed by atoms with Crippen LogP contribution < -0.4 is 0 Å². The third-order valence-corrected chi connectivity index (χ3v) is 7.50. The third kappa shape index (κ3) is 45.8. The van der Waals surface area contributed by atoms with E-state index < -0.39 is 12.2 Å². The second-order valence-corrected chi connectivity index (χ2v) is 17.4. The van der Waals surface area contributed by atoms with Crippen molar-refractivity contribution in [2.75, 3.05) is 190 Å². The molecule has 8 unspecified atom stereocenters. The summed E-state index contributed by atoms with van der Waals surface area (Å²) in [6.07, 6.45) is -0.203. The van der Waals surface area contributed by atoms with Gasteiger partial charge in [-0.05, 0) is 108 Å². The van der Waals surface area contributed by atoms with Crippen molar-refractivity contribution >= 4 is 0 Å². The van der Waals surface area contributed by atoms with Gasteiger partial charge in [-0.25, -0.2) is 0 Å². The zero-order chi connectivity index (χ0) is 41.6. The summed E-state index contributed by atoms with van der Waals surface area (Å²) in [7, 11) is 24.4. The van der Waals surface area contributed by atoms with Gasteiger partial charge >= 0.3 is 0 Å². The zero-order valence-corrected chi connectivity index (χ0v) is 38.0. The van der Waals surface area contributed by atoms with Crippen LogP contribution in [0.1, 0.15) is 27.7 Å². The first-order valence-corrected chi connectivity index (χ1v) is 20.0. The van der Waals surface area contributed by atoms with Gasteiger partial charge in [0.05, 0.1) is 78.3 Å². The lowest BCUT2D eigenvalue weighted by Gasteiger charge is -2.20. The topological polar surface area (TPSA) is 122 Å². The van der Waals surface area contributed by atoms with Gasteiger partial charge in [-0.2, -0.15) is 0 Å². The van der Waals surface area contributed by atoms with E-state index in [1.165, 1.54) is 0 Å². The minimum Gasteiger partial charge on any atom is -0.389 e. The minimum atomic E-state index is -0.494. The van der Waals surface area contributed by atoms with Crippen LogP contribution in [0.15, 0.2) is 0 Å². The molecule has 14 heteroatoms. The van der Waals surface area contributed by atoms with Crippen molar-refractivity contribution in [2.24, 2.45) is 23.7 Å². The van der Waals surface area contributed by atoms with E-state index in [4.69, 9.17) is 28.4 Å². The van der Waals surface area contributed by atoms with Crippen molar-refractivity contribution in [3.05, 3.63) is 0 Å². The molecule has 0 aliphatic carbocycles. The Bertz CT molecular complexity index is 666. The van der Waals surface area contributed by atoms with Gasteiger partial charge in [0.25, 0.3) is 0 Å². The molecular formula is C40H90N6O8. The highest BCUT2D eigenvalue weighted by atomic mass is 16.6. The first-order chi connectivity index (χ1) is 25.2. The summed E-state index contributed by atoms with van der Waals surface area (Å²) in [4.78, 5) is 12.6. The van der Waals surface area contributed by atoms with Gasteiger partial charge in [0, 0.05) is 39.3 Å². The molecule has 328 valence electrons. The summed E-state index contributed by atoms with van der Waals surface area (Å²) < 4.78 is 31.7. The van der Waals surface area contributed by atoms with Crippen molar-refractivity contribution in [1.29, 1.82) is 0 Å². The Labute approximate surface area is 333 Å². The molecule has 2 aliphatic rings. The van der Waals surface area contributed by atoms with E-state index in [9.17, 15) is 10.2 Å². The van der Waals surface area contributed by atoms with Crippen molar-refractivity contribution in [2.45, 2.75) is 52.1 Å². The van der Waals surface area contributed by atoms with Gasteiger partial charge in [-0.1, -0.05) is 27.7 Å². The maximum atomic E-state index is 9.46. The normalized spacial score (nSPS) is 19.8. The van der Waals surface area contributed by atoms with Crippen LogP contribution in [-0.4, -0.2) is 254 Å². The average Bonchev–Trinajstić information content (AvgIpc) is 3.93. The molecule has 0 aromatic rings. The molecule has 0 aromatic heterocycles. The van der Waals surface area contributed by atoms with Gasteiger partial charge in [0.15, 0.2) is 0 Å². The molecule has 2 rings (SSSR count). The van der Waals surface area contributed by atoms with Gasteiger partial charge in [0.1, 0.15) is 12.2 Å². The van der Waals surface area contributed by atoms with E-state index in [1.54, 1.807) is 0 Å². The SMILES string of the molecule is C(OCC1CO1)C1CO1.CC(COCC(C)CN(C)C)CN(C)C.CC(COCC(C)CN(C)C)CN(C)C.CN(C)CC(O)COCC(O)CN(C)C. The van der Waals surface area contributed by atoms with Crippen molar-refractivity contribution in [1.82, 2.24) is 29.4 Å². The number of epoxide rings is 2. The van der Waals surface area contributed by atoms with Crippen LogP contribution in [0.25, 0.3) is 0 Å². The van der Waals surface area contributed by atoms with E-state index >= 15 is 0 Å². The maximum absolute atomic E-state index is 9.46. The molecule has 2 aliphatic heterocycles. The molecule has 2 heterocycles. The molecule has 0 radical (unpaired) electrons. The Hall–Kier alpha value is -0.560. The molecule has 14 nitrogen and oxygen atoms in total. The van der Waals surface area contributed by atoms with Crippen LogP contribution in [-0.2, 0) is 28.4 Å². The summed E-state index contributed by atoms with van der Waals surface area (Å²) in [5, 5.41) is 18.9. The quantitative estimate of drug-likeness (QED) is 0.111. The lowest BCUT2D eigenvalue weighted by molar-refractivity contribution is -0.0192. The number of aliphatic hydroxyl groups excluding tert-OH is 2. The van der Waals surface area contributed by atoms with Crippen LogP contribution in [0.2, 0.25) is 0 Å². The molecule has 2 fully saturated rings. The Morgan fingerprint density at radius 2 is 0.630 bits per heavy atom. The monoisotopic (exact) mass is 783 g/mol. The van der Waals surface area contributed by atoms with Gasteiger partial charge in [-0.15, -0.1) is 0 Å². The summed E-state index contributed by atoms with van der Waals surface area (Å²) in [5.41, 5.74) is 0. The second kappa shape index (κ2) is 34.5. The molecule has 54 heavy (non-hydrogen) atoms. The largest absolute Gasteiger partial charge is 0.389 e. The summed E-state index contributed by atoms with van der Waals surface area (Å²) in [6, 6.07) is 0. The predicted octanol–water partition coefficient (Wildman–Crippen LogP) is 1.45. The number of ether oxygens (including phenoxy) is 6. The summed E-state index contributed by atoms with van der Waals surface area (Å²) >= 11 is 0. The number of likely N-dealkylation sites (N-methyl/N-ethyl adjacent to an activating group) is 2.